The fraction of sp³-hybridized carbons (Fsp3) is 0.464. The van der Waals surface area contributed by atoms with Crippen LogP contribution in [-0.2, 0) is 14.3 Å². The monoisotopic (exact) mass is 476 g/mol. The van der Waals surface area contributed by atoms with E-state index in [1.165, 1.54) is 22.3 Å². The minimum Gasteiger partial charge on any atom is -0.481 e. The van der Waals surface area contributed by atoms with Gasteiger partial charge in [-0.2, -0.15) is 0 Å². The Balaban J connectivity index is 1.15. The number of amides is 2. The van der Waals surface area contributed by atoms with E-state index in [-0.39, 0.29) is 36.8 Å². The predicted molar refractivity (Wildman–Crippen MR) is 131 cm³/mol. The van der Waals surface area contributed by atoms with Crippen molar-refractivity contribution in [2.75, 3.05) is 19.7 Å². The number of aliphatic carboxylic acids is 1. The Morgan fingerprint density at radius 3 is 2.29 bits per heavy atom. The van der Waals surface area contributed by atoms with Gasteiger partial charge in [0.25, 0.3) is 0 Å². The second kappa shape index (κ2) is 10.1. The number of carboxylic acids is 1. The van der Waals surface area contributed by atoms with E-state index in [9.17, 15) is 14.4 Å². The van der Waals surface area contributed by atoms with Gasteiger partial charge in [0.2, 0.25) is 5.91 Å². The number of rotatable bonds is 9. The van der Waals surface area contributed by atoms with Gasteiger partial charge in [-0.25, -0.2) is 4.79 Å². The fourth-order valence-electron chi connectivity index (χ4n) is 5.76. The van der Waals surface area contributed by atoms with Crippen LogP contribution in [0.15, 0.2) is 48.5 Å². The van der Waals surface area contributed by atoms with Crippen molar-refractivity contribution >= 4 is 18.0 Å². The molecule has 0 radical (unpaired) electrons. The van der Waals surface area contributed by atoms with Crippen LogP contribution in [0.4, 0.5) is 4.79 Å². The van der Waals surface area contributed by atoms with Gasteiger partial charge in [0, 0.05) is 31.5 Å². The number of hydrogen-bond acceptors (Lipinski definition) is 4. The number of fused-ring (bicyclic) bond motifs is 3. The lowest BCUT2D eigenvalue weighted by molar-refractivity contribution is -0.140. The Morgan fingerprint density at radius 1 is 1.00 bits per heavy atom. The molecule has 0 spiro atoms. The largest absolute Gasteiger partial charge is 0.481 e. The van der Waals surface area contributed by atoms with E-state index >= 15 is 0 Å². The molecule has 0 bridgehead atoms. The summed E-state index contributed by atoms with van der Waals surface area (Å²) in [6.45, 7) is 1.27. The van der Waals surface area contributed by atoms with Gasteiger partial charge in [-0.15, -0.1) is 0 Å². The lowest BCUT2D eigenvalue weighted by Gasteiger charge is -2.26. The third-order valence-electron chi connectivity index (χ3n) is 7.69. The maximum absolute atomic E-state index is 12.9. The van der Waals surface area contributed by atoms with Gasteiger partial charge >= 0.3 is 12.1 Å². The zero-order valence-electron chi connectivity index (χ0n) is 19.8. The molecular formula is C28H32N2O5. The number of nitrogens with one attached hydrogen (secondary N) is 1. The van der Waals surface area contributed by atoms with Crippen LogP contribution in [0.3, 0.4) is 0 Å². The first-order valence-corrected chi connectivity index (χ1v) is 12.6. The van der Waals surface area contributed by atoms with Gasteiger partial charge in [0.15, 0.2) is 0 Å². The molecule has 2 aromatic rings. The number of carboxylic acid groups (broad SMARTS) is 1. The van der Waals surface area contributed by atoms with Crippen LogP contribution in [0.5, 0.6) is 0 Å². The molecule has 1 unspecified atom stereocenters. The molecule has 2 amide bonds. The van der Waals surface area contributed by atoms with E-state index in [4.69, 9.17) is 9.84 Å². The molecule has 1 saturated carbocycles. The van der Waals surface area contributed by atoms with Gasteiger partial charge in [-0.05, 0) is 59.8 Å². The minimum atomic E-state index is -0.870. The van der Waals surface area contributed by atoms with Gasteiger partial charge in [0.1, 0.15) is 6.61 Å². The number of hydrogen-bond donors (Lipinski definition) is 2. The van der Waals surface area contributed by atoms with Crippen LogP contribution >= 0.6 is 0 Å². The summed E-state index contributed by atoms with van der Waals surface area (Å²) in [5.41, 5.74) is 4.72. The van der Waals surface area contributed by atoms with E-state index in [0.29, 0.717) is 25.4 Å². The quantitative estimate of drug-likeness (QED) is 0.559. The van der Waals surface area contributed by atoms with Crippen LogP contribution in [0.25, 0.3) is 11.1 Å². The molecule has 2 aromatic carbocycles. The molecule has 2 aliphatic carbocycles. The zero-order chi connectivity index (χ0) is 24.4. The lowest BCUT2D eigenvalue weighted by atomic mass is 9.98. The second-order valence-electron chi connectivity index (χ2n) is 9.99. The Morgan fingerprint density at radius 2 is 1.66 bits per heavy atom. The van der Waals surface area contributed by atoms with Crippen LogP contribution in [0.1, 0.15) is 55.6 Å². The second-order valence-corrected chi connectivity index (χ2v) is 9.99. The minimum absolute atomic E-state index is 0.0000120. The molecule has 1 heterocycles. The summed E-state index contributed by atoms with van der Waals surface area (Å²) in [6.07, 6.45) is 3.57. The van der Waals surface area contributed by atoms with E-state index in [0.717, 1.165) is 25.7 Å². The van der Waals surface area contributed by atoms with Gasteiger partial charge in [-0.3, -0.25) is 9.59 Å². The van der Waals surface area contributed by atoms with Crippen molar-refractivity contribution in [3.63, 3.8) is 0 Å². The third-order valence-corrected chi connectivity index (χ3v) is 7.69. The molecule has 2 fully saturated rings. The van der Waals surface area contributed by atoms with Crippen molar-refractivity contribution in [2.24, 2.45) is 11.8 Å². The van der Waals surface area contributed by atoms with Crippen molar-refractivity contribution in [1.82, 2.24) is 10.2 Å². The van der Waals surface area contributed by atoms with Gasteiger partial charge in [0.05, 0.1) is 6.42 Å². The number of alkyl carbamates (subject to hydrolysis) is 1. The van der Waals surface area contributed by atoms with E-state index in [1.807, 2.05) is 24.3 Å². The molecular weight excluding hydrogens is 444 g/mol. The molecule has 7 heteroatoms. The van der Waals surface area contributed by atoms with Gasteiger partial charge < -0.3 is 20.1 Å². The average molecular weight is 477 g/mol. The van der Waals surface area contributed by atoms with E-state index < -0.39 is 12.1 Å². The lowest BCUT2D eigenvalue weighted by Crippen LogP contribution is -2.40. The normalized spacial score (nSPS) is 19.7. The Labute approximate surface area is 205 Å². The molecule has 7 nitrogen and oxygen atoms in total. The van der Waals surface area contributed by atoms with E-state index in [1.54, 1.807) is 4.90 Å². The number of benzene rings is 2. The highest BCUT2D eigenvalue weighted by Crippen LogP contribution is 2.44. The number of carbonyl (C=O) groups is 3. The molecule has 1 aliphatic heterocycles. The molecule has 2 atom stereocenters. The first-order valence-electron chi connectivity index (χ1n) is 12.6. The van der Waals surface area contributed by atoms with Crippen LogP contribution in [-0.4, -0.2) is 53.7 Å². The highest BCUT2D eigenvalue weighted by atomic mass is 16.5. The van der Waals surface area contributed by atoms with Crippen molar-refractivity contribution in [3.05, 3.63) is 59.7 Å². The number of nitrogens with zero attached hydrogens (tertiary/aromatic N) is 1. The maximum Gasteiger partial charge on any atom is 0.407 e. The molecule has 184 valence electrons. The van der Waals surface area contributed by atoms with Crippen LogP contribution in [0.2, 0.25) is 0 Å². The maximum atomic E-state index is 12.9. The Bertz CT molecular complexity index is 1070. The molecule has 1 saturated heterocycles. The van der Waals surface area contributed by atoms with Crippen LogP contribution in [0, 0.1) is 11.8 Å². The van der Waals surface area contributed by atoms with Crippen molar-refractivity contribution in [1.29, 1.82) is 0 Å². The summed E-state index contributed by atoms with van der Waals surface area (Å²) < 4.78 is 5.65. The topological polar surface area (TPSA) is 95.9 Å². The average Bonchev–Trinajstić information content (AvgIpc) is 3.52. The summed E-state index contributed by atoms with van der Waals surface area (Å²) in [6, 6.07) is 16.2. The summed E-state index contributed by atoms with van der Waals surface area (Å²) >= 11 is 0. The number of carbonyl (C=O) groups excluding carboxylic acids is 2. The smallest absolute Gasteiger partial charge is 0.407 e. The Hall–Kier alpha value is -3.35. The summed E-state index contributed by atoms with van der Waals surface area (Å²) in [7, 11) is 0. The van der Waals surface area contributed by atoms with Crippen molar-refractivity contribution in [2.45, 2.75) is 50.5 Å². The molecule has 35 heavy (non-hydrogen) atoms. The summed E-state index contributed by atoms with van der Waals surface area (Å²) in [5.74, 6) is -0.386. The van der Waals surface area contributed by atoms with Crippen molar-refractivity contribution in [3.8, 4) is 11.1 Å². The standard InChI is InChI=1S/C28H32N2O5/c31-26(30-13-5-6-20(30)15-27(32)33)14-19(18-11-12-18)16-29-28(34)35-17-25-23-9-3-1-7-21(23)22-8-2-4-10-24(22)25/h1-4,7-10,18-20,25H,5-6,11-17H2,(H,29,34)(H,32,33)/t19?,20-/m0/s1. The highest BCUT2D eigenvalue weighted by molar-refractivity contribution is 5.79. The predicted octanol–water partition coefficient (Wildman–Crippen LogP) is 4.41. The summed E-state index contributed by atoms with van der Waals surface area (Å²) in [4.78, 5) is 38.4. The van der Waals surface area contributed by atoms with Crippen molar-refractivity contribution < 1.29 is 24.2 Å². The third kappa shape index (κ3) is 5.19. The first kappa shape index (κ1) is 23.4. The molecule has 2 N–H and O–H groups in total. The van der Waals surface area contributed by atoms with Crippen LogP contribution < -0.4 is 5.32 Å². The molecule has 0 aromatic heterocycles. The van der Waals surface area contributed by atoms with E-state index in [2.05, 4.69) is 29.6 Å². The SMILES string of the molecule is O=C(O)C[C@@H]1CCCN1C(=O)CC(CNC(=O)OCC1c2ccccc2-c2ccccc21)C1CC1. The summed E-state index contributed by atoms with van der Waals surface area (Å²) in [5, 5.41) is 12.0. The molecule has 3 aliphatic rings. The first-order chi connectivity index (χ1) is 17.0. The molecule has 5 rings (SSSR count). The zero-order valence-corrected chi connectivity index (χ0v) is 19.8. The number of likely N-dealkylation sites (tertiary alicyclic amines) is 1. The van der Waals surface area contributed by atoms with Gasteiger partial charge in [-0.1, -0.05) is 48.5 Å². The number of ether oxygens (including phenoxy) is 1. The Kier molecular flexibility index (Phi) is 6.75. The fourth-order valence-corrected chi connectivity index (χ4v) is 5.76. The highest BCUT2D eigenvalue weighted by Gasteiger charge is 2.37.